The van der Waals surface area contributed by atoms with Gasteiger partial charge in [0.25, 0.3) is 0 Å². The van der Waals surface area contributed by atoms with Gasteiger partial charge in [0, 0.05) is 12.2 Å². The zero-order valence-corrected chi connectivity index (χ0v) is 5.59. The lowest BCUT2D eigenvalue weighted by atomic mass is 10.1. The van der Waals surface area contributed by atoms with Crippen molar-refractivity contribution in [2.45, 2.75) is 0 Å². The average Bonchev–Trinajstić information content (AvgIpc) is 2.05. The van der Waals surface area contributed by atoms with Gasteiger partial charge in [-0.05, 0) is 23.8 Å². The van der Waals surface area contributed by atoms with Gasteiger partial charge >= 0.3 is 0 Å². The van der Waals surface area contributed by atoms with Crippen molar-refractivity contribution in [2.75, 3.05) is 11.9 Å². The van der Waals surface area contributed by atoms with Crippen molar-refractivity contribution in [2.24, 2.45) is 0 Å². The van der Waals surface area contributed by atoms with E-state index in [9.17, 15) is 0 Å². The third-order valence-corrected chi connectivity index (χ3v) is 1.60. The van der Waals surface area contributed by atoms with Crippen LogP contribution in [0.4, 0.5) is 5.69 Å². The minimum atomic E-state index is 0.830. The van der Waals surface area contributed by atoms with Crippen molar-refractivity contribution in [3.05, 3.63) is 35.9 Å². The molecule has 0 aliphatic carbocycles. The largest absolute Gasteiger partial charge is 0.380 e. The first-order valence-corrected chi connectivity index (χ1v) is 3.36. The van der Waals surface area contributed by atoms with Gasteiger partial charge in [-0.15, -0.1) is 0 Å². The Morgan fingerprint density at radius 1 is 1.30 bits per heavy atom. The van der Waals surface area contributed by atoms with Crippen LogP contribution in [0.15, 0.2) is 24.3 Å². The topological polar surface area (TPSA) is 12.0 Å². The highest BCUT2D eigenvalue weighted by Crippen LogP contribution is 2.18. The van der Waals surface area contributed by atoms with Crippen molar-refractivity contribution < 1.29 is 0 Å². The Morgan fingerprint density at radius 2 is 2.20 bits per heavy atom. The molecule has 1 radical (unpaired) electrons. The predicted molar refractivity (Wildman–Crippen MR) is 42.6 cm³/mol. The van der Waals surface area contributed by atoms with E-state index in [0.717, 1.165) is 6.54 Å². The van der Waals surface area contributed by atoms with Gasteiger partial charge in [-0.1, -0.05) is 18.2 Å². The summed E-state index contributed by atoms with van der Waals surface area (Å²) in [6.07, 6.45) is 5.12. The molecule has 2 rings (SSSR count). The molecule has 1 heterocycles. The van der Waals surface area contributed by atoms with Crippen molar-refractivity contribution in [3.8, 4) is 0 Å². The van der Waals surface area contributed by atoms with Crippen LogP contribution < -0.4 is 5.32 Å². The number of anilines is 1. The molecule has 0 amide bonds. The Bertz CT molecular complexity index is 263. The molecule has 10 heavy (non-hydrogen) atoms. The molecule has 1 aromatic carbocycles. The number of para-hydroxylation sites is 1. The third kappa shape index (κ3) is 0.798. The average molecular weight is 130 g/mol. The fourth-order valence-electron chi connectivity index (χ4n) is 1.09. The predicted octanol–water partition coefficient (Wildman–Crippen LogP) is 1.93. The highest BCUT2D eigenvalue weighted by Gasteiger charge is 1.99. The molecule has 0 aromatic heterocycles. The van der Waals surface area contributed by atoms with E-state index in [1.807, 2.05) is 18.2 Å². The Labute approximate surface area is 60.4 Å². The maximum atomic E-state index is 3.22. The molecule has 0 unspecified atom stereocenters. The smallest absolute Gasteiger partial charge is 0.0416 e. The first-order chi connectivity index (χ1) is 4.97. The van der Waals surface area contributed by atoms with Gasteiger partial charge in [0.15, 0.2) is 0 Å². The van der Waals surface area contributed by atoms with Crippen LogP contribution >= 0.6 is 0 Å². The van der Waals surface area contributed by atoms with Crippen LogP contribution in [-0.4, -0.2) is 6.54 Å². The molecular weight excluding hydrogens is 122 g/mol. The van der Waals surface area contributed by atoms with Gasteiger partial charge in [-0.3, -0.25) is 0 Å². The molecule has 49 valence electrons. The number of hydrogen-bond acceptors (Lipinski definition) is 1. The fraction of sp³-hybridized carbons (Fsp3) is 0.111. The van der Waals surface area contributed by atoms with Gasteiger partial charge < -0.3 is 5.32 Å². The molecule has 0 saturated carbocycles. The fourth-order valence-corrected chi connectivity index (χ4v) is 1.09. The molecule has 1 aliphatic rings. The van der Waals surface area contributed by atoms with E-state index in [1.54, 1.807) is 0 Å². The van der Waals surface area contributed by atoms with E-state index >= 15 is 0 Å². The summed E-state index contributed by atoms with van der Waals surface area (Å²) in [5.74, 6) is 0. The summed E-state index contributed by atoms with van der Waals surface area (Å²) in [5, 5.41) is 3.22. The standard InChI is InChI=1S/C9H8N/c1-2-6-9-8(4-1)5-3-7-10-9/h1-2,4-6,10H,7H2. The lowest BCUT2D eigenvalue weighted by molar-refractivity contribution is 1.28. The summed E-state index contributed by atoms with van der Waals surface area (Å²) in [4.78, 5) is 0. The van der Waals surface area contributed by atoms with E-state index in [0.29, 0.717) is 0 Å². The monoisotopic (exact) mass is 130 g/mol. The molecule has 1 N–H and O–H groups in total. The molecule has 0 atom stereocenters. The Hall–Kier alpha value is -1.24. The van der Waals surface area contributed by atoms with Crippen LogP contribution in [0, 0.1) is 6.08 Å². The van der Waals surface area contributed by atoms with Gasteiger partial charge in [0.2, 0.25) is 0 Å². The normalized spacial score (nSPS) is 14.0. The van der Waals surface area contributed by atoms with Crippen LogP contribution in [0.25, 0.3) is 6.08 Å². The van der Waals surface area contributed by atoms with Gasteiger partial charge in [0.05, 0.1) is 0 Å². The second-order valence-electron chi connectivity index (χ2n) is 2.29. The summed E-state index contributed by atoms with van der Waals surface area (Å²) in [5.41, 5.74) is 2.44. The summed E-state index contributed by atoms with van der Waals surface area (Å²) in [7, 11) is 0. The van der Waals surface area contributed by atoms with Crippen LogP contribution in [-0.2, 0) is 0 Å². The van der Waals surface area contributed by atoms with Crippen LogP contribution in [0.3, 0.4) is 0 Å². The lowest BCUT2D eigenvalue weighted by Crippen LogP contribution is -2.03. The molecule has 0 saturated heterocycles. The summed E-state index contributed by atoms with van der Waals surface area (Å²) in [6.45, 7) is 0.830. The highest BCUT2D eigenvalue weighted by atomic mass is 14.9. The third-order valence-electron chi connectivity index (χ3n) is 1.60. The van der Waals surface area contributed by atoms with E-state index in [4.69, 9.17) is 0 Å². The number of rotatable bonds is 0. The number of benzene rings is 1. The summed E-state index contributed by atoms with van der Waals surface area (Å²) in [6, 6.07) is 8.22. The van der Waals surface area contributed by atoms with Gasteiger partial charge in [-0.25, -0.2) is 0 Å². The first kappa shape index (κ1) is 5.54. The van der Waals surface area contributed by atoms with Crippen molar-refractivity contribution >= 4 is 11.8 Å². The Balaban J connectivity index is 2.54. The van der Waals surface area contributed by atoms with Crippen LogP contribution in [0.5, 0.6) is 0 Å². The quantitative estimate of drug-likeness (QED) is 0.565. The SMILES string of the molecule is [C]1=Cc2ccccc2NC1. The molecule has 1 nitrogen and oxygen atoms in total. The highest BCUT2D eigenvalue weighted by molar-refractivity contribution is 5.68. The minimum absolute atomic E-state index is 0.830. The van der Waals surface area contributed by atoms with Crippen molar-refractivity contribution in [1.82, 2.24) is 0 Å². The first-order valence-electron chi connectivity index (χ1n) is 3.36. The molecule has 0 spiro atoms. The summed E-state index contributed by atoms with van der Waals surface area (Å²) < 4.78 is 0. The number of fused-ring (bicyclic) bond motifs is 1. The maximum Gasteiger partial charge on any atom is 0.0416 e. The molecule has 1 aliphatic heterocycles. The van der Waals surface area contributed by atoms with E-state index in [2.05, 4.69) is 23.5 Å². The van der Waals surface area contributed by atoms with Crippen LogP contribution in [0.2, 0.25) is 0 Å². The van der Waals surface area contributed by atoms with Crippen molar-refractivity contribution in [3.63, 3.8) is 0 Å². The number of hydrogen-bond donors (Lipinski definition) is 1. The second kappa shape index (κ2) is 2.18. The van der Waals surface area contributed by atoms with Gasteiger partial charge in [0.1, 0.15) is 0 Å². The zero-order valence-electron chi connectivity index (χ0n) is 5.59. The Kier molecular flexibility index (Phi) is 1.21. The molecule has 1 aromatic rings. The zero-order chi connectivity index (χ0) is 6.81. The van der Waals surface area contributed by atoms with E-state index in [1.165, 1.54) is 11.3 Å². The Morgan fingerprint density at radius 3 is 3.10 bits per heavy atom. The number of nitrogens with one attached hydrogen (secondary N) is 1. The van der Waals surface area contributed by atoms with Crippen molar-refractivity contribution in [1.29, 1.82) is 0 Å². The molecule has 0 bridgehead atoms. The lowest BCUT2D eigenvalue weighted by Gasteiger charge is -2.10. The van der Waals surface area contributed by atoms with E-state index in [-0.39, 0.29) is 0 Å². The molecule has 0 fully saturated rings. The van der Waals surface area contributed by atoms with E-state index < -0.39 is 0 Å². The second-order valence-corrected chi connectivity index (χ2v) is 2.29. The molecule has 1 heteroatoms. The summed E-state index contributed by atoms with van der Waals surface area (Å²) >= 11 is 0. The van der Waals surface area contributed by atoms with Gasteiger partial charge in [-0.2, -0.15) is 0 Å². The molecular formula is C9H8N. The maximum absolute atomic E-state index is 3.22. The minimum Gasteiger partial charge on any atom is -0.380 e. The van der Waals surface area contributed by atoms with Crippen LogP contribution in [0.1, 0.15) is 5.56 Å².